The predicted octanol–water partition coefficient (Wildman–Crippen LogP) is 1.21. The van der Waals surface area contributed by atoms with Gasteiger partial charge in [-0.05, 0) is 12.1 Å². The van der Waals surface area contributed by atoms with E-state index in [1.807, 2.05) is 6.07 Å². The fourth-order valence-electron chi connectivity index (χ4n) is 1.33. The first kappa shape index (κ1) is 10.6. The molecule has 0 aliphatic rings. The summed E-state index contributed by atoms with van der Waals surface area (Å²) >= 11 is 0. The number of methoxy groups -OCH3 is 1. The van der Waals surface area contributed by atoms with Gasteiger partial charge in [-0.15, -0.1) is 0 Å². The van der Waals surface area contributed by atoms with Gasteiger partial charge in [0.1, 0.15) is 6.61 Å². The molecule has 0 atom stereocenters. The number of fused-ring (bicyclic) bond motifs is 1. The molecule has 0 fully saturated rings. The van der Waals surface area contributed by atoms with Crippen LogP contribution < -0.4 is 10.5 Å². The van der Waals surface area contributed by atoms with Gasteiger partial charge in [-0.2, -0.15) is 4.98 Å². The minimum atomic E-state index is -0.629. The van der Waals surface area contributed by atoms with Crippen molar-refractivity contribution in [3.8, 4) is 5.75 Å². The Morgan fingerprint density at radius 2 is 2.25 bits per heavy atom. The van der Waals surface area contributed by atoms with Crippen molar-refractivity contribution in [1.82, 2.24) is 4.98 Å². The fourth-order valence-corrected chi connectivity index (χ4v) is 1.33. The van der Waals surface area contributed by atoms with E-state index in [1.54, 1.807) is 19.2 Å². The van der Waals surface area contributed by atoms with Crippen LogP contribution in [0.15, 0.2) is 33.6 Å². The Labute approximate surface area is 91.6 Å². The van der Waals surface area contributed by atoms with Crippen LogP contribution in [0.25, 0.3) is 11.0 Å². The normalized spacial score (nSPS) is 10.6. The maximum absolute atomic E-state index is 11.0. The number of benzene rings is 1. The van der Waals surface area contributed by atoms with Crippen LogP contribution in [0.2, 0.25) is 0 Å². The molecule has 5 nitrogen and oxygen atoms in total. The molecule has 0 aliphatic heterocycles. The van der Waals surface area contributed by atoms with E-state index in [0.29, 0.717) is 24.5 Å². The van der Waals surface area contributed by atoms with Crippen molar-refractivity contribution < 1.29 is 13.9 Å². The Hall–Kier alpha value is -1.88. The Kier molecular flexibility index (Phi) is 3.16. The highest BCUT2D eigenvalue weighted by atomic mass is 16.5. The van der Waals surface area contributed by atoms with Crippen LogP contribution in [0.3, 0.4) is 0 Å². The molecule has 1 aromatic carbocycles. The lowest BCUT2D eigenvalue weighted by atomic mass is 10.2. The topological polar surface area (TPSA) is 61.6 Å². The zero-order valence-corrected chi connectivity index (χ0v) is 8.80. The predicted molar refractivity (Wildman–Crippen MR) is 57.7 cm³/mol. The molecule has 84 valence electrons. The second-order valence-electron chi connectivity index (χ2n) is 3.14. The number of para-hydroxylation sites is 1. The van der Waals surface area contributed by atoms with Gasteiger partial charge in [0.2, 0.25) is 0 Å². The van der Waals surface area contributed by atoms with Gasteiger partial charge in [0, 0.05) is 18.7 Å². The summed E-state index contributed by atoms with van der Waals surface area (Å²) in [7, 11) is 1.59. The van der Waals surface area contributed by atoms with E-state index in [9.17, 15) is 4.79 Å². The van der Waals surface area contributed by atoms with Crippen LogP contribution in [-0.4, -0.2) is 25.3 Å². The van der Waals surface area contributed by atoms with Crippen molar-refractivity contribution in [3.05, 3.63) is 34.9 Å². The third kappa shape index (κ3) is 2.20. The van der Waals surface area contributed by atoms with Crippen molar-refractivity contribution in [2.75, 3.05) is 20.3 Å². The van der Waals surface area contributed by atoms with Crippen LogP contribution in [0.5, 0.6) is 5.75 Å². The largest absolute Gasteiger partial charge is 0.487 e. The number of hydrogen-bond donors (Lipinski definition) is 0. The van der Waals surface area contributed by atoms with E-state index in [0.717, 1.165) is 5.39 Å². The standard InChI is InChI=1S/C11H11NO4/c1-14-5-6-15-9-4-2-3-8-7-12-11(13)16-10(8)9/h2-4,7H,5-6H2,1H3. The van der Waals surface area contributed by atoms with E-state index >= 15 is 0 Å². The van der Waals surface area contributed by atoms with Crippen molar-refractivity contribution >= 4 is 11.0 Å². The van der Waals surface area contributed by atoms with Crippen molar-refractivity contribution in [2.45, 2.75) is 0 Å². The summed E-state index contributed by atoms with van der Waals surface area (Å²) < 4.78 is 15.3. The van der Waals surface area contributed by atoms with Crippen LogP contribution in [-0.2, 0) is 4.74 Å². The van der Waals surface area contributed by atoms with Crippen LogP contribution >= 0.6 is 0 Å². The molecule has 0 spiro atoms. The molecule has 0 radical (unpaired) electrons. The number of aromatic nitrogens is 1. The smallest absolute Gasteiger partial charge is 0.439 e. The molecule has 2 aromatic rings. The van der Waals surface area contributed by atoms with Crippen molar-refractivity contribution in [3.63, 3.8) is 0 Å². The maximum Gasteiger partial charge on any atom is 0.439 e. The van der Waals surface area contributed by atoms with Gasteiger partial charge in [0.25, 0.3) is 0 Å². The molecule has 1 aromatic heterocycles. The molecule has 0 bridgehead atoms. The van der Waals surface area contributed by atoms with Gasteiger partial charge < -0.3 is 13.9 Å². The minimum Gasteiger partial charge on any atom is -0.487 e. The highest BCUT2D eigenvalue weighted by molar-refractivity contribution is 5.81. The average Bonchev–Trinajstić information content (AvgIpc) is 2.30. The summed E-state index contributed by atoms with van der Waals surface area (Å²) in [5.74, 6) is -0.107. The van der Waals surface area contributed by atoms with Crippen LogP contribution in [0.1, 0.15) is 0 Å². The summed E-state index contributed by atoms with van der Waals surface area (Å²) in [6, 6.07) is 5.35. The summed E-state index contributed by atoms with van der Waals surface area (Å²) in [6.07, 6.45) is 1.46. The van der Waals surface area contributed by atoms with Crippen LogP contribution in [0, 0.1) is 0 Å². The first-order valence-corrected chi connectivity index (χ1v) is 4.82. The monoisotopic (exact) mass is 221 g/mol. The molecule has 0 unspecified atom stereocenters. The third-order valence-electron chi connectivity index (χ3n) is 2.05. The fraction of sp³-hybridized carbons (Fsp3) is 0.273. The average molecular weight is 221 g/mol. The SMILES string of the molecule is COCCOc1cccc2cnc(=O)oc12. The lowest BCUT2D eigenvalue weighted by Gasteiger charge is -2.06. The molecule has 2 rings (SSSR count). The Bertz CT molecular complexity index is 535. The maximum atomic E-state index is 11.0. The van der Waals surface area contributed by atoms with Gasteiger partial charge in [0.15, 0.2) is 11.3 Å². The van der Waals surface area contributed by atoms with Gasteiger partial charge in [-0.1, -0.05) is 6.07 Å². The van der Waals surface area contributed by atoms with E-state index in [2.05, 4.69) is 4.98 Å². The lowest BCUT2D eigenvalue weighted by molar-refractivity contribution is 0.146. The van der Waals surface area contributed by atoms with Gasteiger partial charge in [-0.25, -0.2) is 4.79 Å². The highest BCUT2D eigenvalue weighted by Gasteiger charge is 2.05. The molecule has 5 heteroatoms. The molecule has 16 heavy (non-hydrogen) atoms. The molecule has 0 amide bonds. The lowest BCUT2D eigenvalue weighted by Crippen LogP contribution is -2.06. The van der Waals surface area contributed by atoms with E-state index in [1.165, 1.54) is 6.20 Å². The zero-order chi connectivity index (χ0) is 11.4. The number of nitrogens with zero attached hydrogens (tertiary/aromatic N) is 1. The molecule has 0 aliphatic carbocycles. The van der Waals surface area contributed by atoms with E-state index < -0.39 is 5.76 Å². The summed E-state index contributed by atoms with van der Waals surface area (Å²) in [4.78, 5) is 14.6. The second kappa shape index (κ2) is 4.76. The number of ether oxygens (including phenoxy) is 2. The number of hydrogen-bond acceptors (Lipinski definition) is 5. The Morgan fingerprint density at radius 1 is 1.38 bits per heavy atom. The molecule has 1 heterocycles. The summed E-state index contributed by atoms with van der Waals surface area (Å²) in [5.41, 5.74) is 0.415. The summed E-state index contributed by atoms with van der Waals surface area (Å²) in [5, 5.41) is 0.731. The van der Waals surface area contributed by atoms with Gasteiger partial charge >= 0.3 is 5.76 Å². The first-order valence-electron chi connectivity index (χ1n) is 4.82. The Morgan fingerprint density at radius 3 is 3.06 bits per heavy atom. The second-order valence-corrected chi connectivity index (χ2v) is 3.14. The van der Waals surface area contributed by atoms with Crippen molar-refractivity contribution in [1.29, 1.82) is 0 Å². The highest BCUT2D eigenvalue weighted by Crippen LogP contribution is 2.23. The minimum absolute atomic E-state index is 0.404. The quantitative estimate of drug-likeness (QED) is 0.726. The molecular weight excluding hydrogens is 210 g/mol. The van der Waals surface area contributed by atoms with Gasteiger partial charge in [-0.3, -0.25) is 0 Å². The molecular formula is C11H11NO4. The first-order chi connectivity index (χ1) is 7.81. The number of rotatable bonds is 4. The van der Waals surface area contributed by atoms with Crippen molar-refractivity contribution in [2.24, 2.45) is 0 Å². The molecule has 0 saturated heterocycles. The third-order valence-corrected chi connectivity index (χ3v) is 2.05. The molecule has 0 N–H and O–H groups in total. The molecule has 0 saturated carbocycles. The van der Waals surface area contributed by atoms with E-state index in [-0.39, 0.29) is 0 Å². The van der Waals surface area contributed by atoms with E-state index in [4.69, 9.17) is 13.9 Å². The van der Waals surface area contributed by atoms with Gasteiger partial charge in [0.05, 0.1) is 6.61 Å². The van der Waals surface area contributed by atoms with Crippen LogP contribution in [0.4, 0.5) is 0 Å². The Balaban J connectivity index is 2.36. The zero-order valence-electron chi connectivity index (χ0n) is 8.80. The summed E-state index contributed by atoms with van der Waals surface area (Å²) in [6.45, 7) is 0.882.